The molecule has 1 aliphatic carbocycles. The number of rotatable bonds is 4. The monoisotopic (exact) mass is 313 g/mol. The fourth-order valence-corrected chi connectivity index (χ4v) is 2.52. The van der Waals surface area contributed by atoms with Gasteiger partial charge in [0, 0.05) is 14.1 Å². The van der Waals surface area contributed by atoms with E-state index in [1.54, 1.807) is 0 Å². The SMILES string of the molecule is CN(C)S(=O)(=O)c1c(F)c(F)c(F)c(F)c1OC1CC1. The largest absolute Gasteiger partial charge is 0.486 e. The zero-order chi connectivity index (χ0) is 15.2. The molecular weight excluding hydrogens is 302 g/mol. The summed E-state index contributed by atoms with van der Waals surface area (Å²) in [5.41, 5.74) is 0. The summed E-state index contributed by atoms with van der Waals surface area (Å²) in [5.74, 6) is -9.25. The Balaban J connectivity index is 2.76. The molecule has 0 heterocycles. The third kappa shape index (κ3) is 2.35. The molecule has 1 saturated carbocycles. The fourth-order valence-electron chi connectivity index (χ4n) is 1.46. The summed E-state index contributed by atoms with van der Waals surface area (Å²) in [7, 11) is -2.43. The van der Waals surface area contributed by atoms with Gasteiger partial charge in [0.05, 0.1) is 6.10 Å². The molecule has 0 N–H and O–H groups in total. The second-order valence-electron chi connectivity index (χ2n) is 4.52. The highest BCUT2D eigenvalue weighted by atomic mass is 32.2. The highest BCUT2D eigenvalue weighted by molar-refractivity contribution is 7.89. The summed E-state index contributed by atoms with van der Waals surface area (Å²) in [6.07, 6.45) is 0.480. The lowest BCUT2D eigenvalue weighted by atomic mass is 10.3. The first kappa shape index (κ1) is 15.0. The summed E-state index contributed by atoms with van der Waals surface area (Å²) in [6.45, 7) is 0. The number of hydrogen-bond acceptors (Lipinski definition) is 3. The van der Waals surface area contributed by atoms with Crippen molar-refractivity contribution < 1.29 is 30.7 Å². The van der Waals surface area contributed by atoms with E-state index >= 15 is 0 Å². The first-order valence-electron chi connectivity index (χ1n) is 5.63. The Labute approximate surface area is 113 Å². The van der Waals surface area contributed by atoms with Crippen molar-refractivity contribution in [1.82, 2.24) is 4.31 Å². The molecular formula is C11H11F4NO3S. The smallest absolute Gasteiger partial charge is 0.249 e. The van der Waals surface area contributed by atoms with E-state index < -0.39 is 50.0 Å². The number of benzene rings is 1. The van der Waals surface area contributed by atoms with Crippen molar-refractivity contribution in [2.75, 3.05) is 14.1 Å². The van der Waals surface area contributed by atoms with Crippen molar-refractivity contribution in [2.24, 2.45) is 0 Å². The van der Waals surface area contributed by atoms with Crippen molar-refractivity contribution in [3.05, 3.63) is 23.3 Å². The molecule has 112 valence electrons. The maximum Gasteiger partial charge on any atom is 0.249 e. The van der Waals surface area contributed by atoms with Crippen molar-refractivity contribution in [3.63, 3.8) is 0 Å². The van der Waals surface area contributed by atoms with E-state index in [1.807, 2.05) is 0 Å². The molecule has 1 aliphatic rings. The van der Waals surface area contributed by atoms with E-state index in [0.29, 0.717) is 17.1 Å². The van der Waals surface area contributed by atoms with Gasteiger partial charge in [-0.25, -0.2) is 25.9 Å². The van der Waals surface area contributed by atoms with Crippen LogP contribution in [0, 0.1) is 23.3 Å². The Kier molecular flexibility index (Phi) is 3.67. The normalized spacial score (nSPS) is 15.8. The lowest BCUT2D eigenvalue weighted by molar-refractivity contribution is 0.261. The first-order valence-corrected chi connectivity index (χ1v) is 7.07. The van der Waals surface area contributed by atoms with E-state index in [2.05, 4.69) is 0 Å². The number of hydrogen-bond donors (Lipinski definition) is 0. The van der Waals surface area contributed by atoms with Crippen LogP contribution in [0.4, 0.5) is 17.6 Å². The van der Waals surface area contributed by atoms with Gasteiger partial charge < -0.3 is 4.74 Å². The second-order valence-corrected chi connectivity index (χ2v) is 6.61. The predicted molar refractivity (Wildman–Crippen MR) is 60.8 cm³/mol. The lowest BCUT2D eigenvalue weighted by Gasteiger charge is -2.17. The maximum atomic E-state index is 13.8. The minimum absolute atomic E-state index is 0.501. The van der Waals surface area contributed by atoms with Crippen molar-refractivity contribution in [1.29, 1.82) is 0 Å². The second kappa shape index (κ2) is 4.88. The van der Waals surface area contributed by atoms with Crippen LogP contribution in [0.2, 0.25) is 0 Å². The Morgan fingerprint density at radius 1 is 1.00 bits per heavy atom. The van der Waals surface area contributed by atoms with Gasteiger partial charge in [0.2, 0.25) is 21.7 Å². The van der Waals surface area contributed by atoms with Gasteiger partial charge in [-0.3, -0.25) is 0 Å². The predicted octanol–water partition coefficient (Wildman–Crippen LogP) is 2.03. The molecule has 0 saturated heterocycles. The van der Waals surface area contributed by atoms with Gasteiger partial charge in [-0.15, -0.1) is 0 Å². The molecule has 20 heavy (non-hydrogen) atoms. The third-order valence-corrected chi connectivity index (χ3v) is 4.57. The van der Waals surface area contributed by atoms with Crippen LogP contribution in [0.1, 0.15) is 12.8 Å². The summed E-state index contributed by atoms with van der Waals surface area (Å²) in [4.78, 5) is -1.33. The number of nitrogens with zero attached hydrogens (tertiary/aromatic N) is 1. The average Bonchev–Trinajstić information content (AvgIpc) is 3.17. The molecule has 1 aromatic carbocycles. The Bertz CT molecular complexity index is 656. The maximum absolute atomic E-state index is 13.8. The molecule has 0 bridgehead atoms. The Morgan fingerprint density at radius 2 is 1.50 bits per heavy atom. The van der Waals surface area contributed by atoms with Crippen LogP contribution in [0.5, 0.6) is 5.75 Å². The van der Waals surface area contributed by atoms with Gasteiger partial charge in [0.1, 0.15) is 0 Å². The van der Waals surface area contributed by atoms with Crippen LogP contribution < -0.4 is 4.74 Å². The minimum Gasteiger partial charge on any atom is -0.486 e. The van der Waals surface area contributed by atoms with Crippen LogP contribution in [0.25, 0.3) is 0 Å². The number of ether oxygens (including phenoxy) is 1. The van der Waals surface area contributed by atoms with Crippen LogP contribution in [-0.4, -0.2) is 32.9 Å². The van der Waals surface area contributed by atoms with E-state index in [4.69, 9.17) is 4.74 Å². The highest BCUT2D eigenvalue weighted by Gasteiger charge is 2.38. The van der Waals surface area contributed by atoms with Gasteiger partial charge in [-0.2, -0.15) is 4.39 Å². The Morgan fingerprint density at radius 3 is 1.95 bits per heavy atom. The van der Waals surface area contributed by atoms with E-state index in [0.717, 1.165) is 14.1 Å². The molecule has 9 heteroatoms. The molecule has 4 nitrogen and oxygen atoms in total. The Hall–Kier alpha value is -1.35. The molecule has 1 fully saturated rings. The fraction of sp³-hybridized carbons (Fsp3) is 0.455. The number of sulfonamides is 1. The lowest BCUT2D eigenvalue weighted by Crippen LogP contribution is -2.25. The minimum atomic E-state index is -4.53. The van der Waals surface area contributed by atoms with Gasteiger partial charge in [-0.1, -0.05) is 0 Å². The molecule has 0 radical (unpaired) electrons. The summed E-state index contributed by atoms with van der Waals surface area (Å²) >= 11 is 0. The topological polar surface area (TPSA) is 46.6 Å². The van der Waals surface area contributed by atoms with Crippen LogP contribution >= 0.6 is 0 Å². The van der Waals surface area contributed by atoms with E-state index in [9.17, 15) is 26.0 Å². The average molecular weight is 313 g/mol. The number of halogens is 4. The quantitative estimate of drug-likeness (QED) is 0.485. The molecule has 0 aliphatic heterocycles. The van der Waals surface area contributed by atoms with Crippen molar-refractivity contribution in [3.8, 4) is 5.75 Å². The van der Waals surface area contributed by atoms with E-state index in [1.165, 1.54) is 0 Å². The standard InChI is InChI=1S/C11H11F4NO3S/c1-16(2)20(17,18)11-9(15)7(13)6(12)8(14)10(11)19-5-3-4-5/h5H,3-4H2,1-2H3. The molecule has 0 atom stereocenters. The van der Waals surface area contributed by atoms with Crippen LogP contribution in [0.15, 0.2) is 4.90 Å². The molecule has 0 spiro atoms. The van der Waals surface area contributed by atoms with Gasteiger partial charge >= 0.3 is 0 Å². The van der Waals surface area contributed by atoms with Gasteiger partial charge in [-0.05, 0) is 12.8 Å². The zero-order valence-corrected chi connectivity index (χ0v) is 11.4. The van der Waals surface area contributed by atoms with Crippen molar-refractivity contribution >= 4 is 10.0 Å². The summed E-state index contributed by atoms with van der Waals surface area (Å²) in [5, 5.41) is 0. The van der Waals surface area contributed by atoms with Crippen molar-refractivity contribution in [2.45, 2.75) is 23.8 Å². The zero-order valence-electron chi connectivity index (χ0n) is 10.6. The van der Waals surface area contributed by atoms with Crippen LogP contribution in [0.3, 0.4) is 0 Å². The molecule has 0 aromatic heterocycles. The molecule has 1 aromatic rings. The summed E-state index contributed by atoms with van der Waals surface area (Å²) < 4.78 is 83.3. The summed E-state index contributed by atoms with van der Waals surface area (Å²) in [6, 6.07) is 0. The van der Waals surface area contributed by atoms with Gasteiger partial charge in [0.15, 0.2) is 22.3 Å². The molecule has 0 unspecified atom stereocenters. The van der Waals surface area contributed by atoms with Crippen LogP contribution in [-0.2, 0) is 10.0 Å². The van der Waals surface area contributed by atoms with E-state index in [-0.39, 0.29) is 0 Å². The third-order valence-electron chi connectivity index (χ3n) is 2.73. The molecule has 0 amide bonds. The molecule has 2 rings (SSSR count). The highest BCUT2D eigenvalue weighted by Crippen LogP contribution is 2.38. The first-order chi connectivity index (χ1) is 9.17. The van der Waals surface area contributed by atoms with Gasteiger partial charge in [0.25, 0.3) is 0 Å².